The number of rotatable bonds is 8. The van der Waals surface area contributed by atoms with Gasteiger partial charge in [-0.2, -0.15) is 0 Å². The maximum atomic E-state index is 12.4. The zero-order chi connectivity index (χ0) is 17.5. The zero-order valence-electron chi connectivity index (χ0n) is 14.3. The fourth-order valence-electron chi connectivity index (χ4n) is 2.74. The number of hydrogen-bond donors (Lipinski definition) is 1. The first-order valence-electron chi connectivity index (χ1n) is 8.41. The van der Waals surface area contributed by atoms with Crippen molar-refractivity contribution < 1.29 is 14.3 Å². The average Bonchev–Trinajstić information content (AvgIpc) is 2.90. The third-order valence-electron chi connectivity index (χ3n) is 4.00. The summed E-state index contributed by atoms with van der Waals surface area (Å²) in [6.07, 6.45) is 1.91. The second kappa shape index (κ2) is 9.04. The number of carbonyl (C=O) groups excluding carboxylic acids is 2. The number of nitrogens with zero attached hydrogens (tertiary/aromatic N) is 1. The van der Waals surface area contributed by atoms with Crippen molar-refractivity contribution >= 4 is 23.4 Å². The van der Waals surface area contributed by atoms with Crippen LogP contribution < -0.4 is 5.32 Å². The molecule has 132 valence electrons. The standard InChI is InChI=1S/C18H25ClN2O3/c1-13(2)24-11-5-10-20-18(23)16-8-9-17(22)21(16)12-14-6-3-4-7-15(14)19/h3-4,6-7,13,16H,5,8-12H2,1-2H3,(H,20,23)/t16-/m0/s1. The summed E-state index contributed by atoms with van der Waals surface area (Å²) in [5.74, 6) is -0.101. The molecule has 1 aromatic carbocycles. The van der Waals surface area contributed by atoms with E-state index in [-0.39, 0.29) is 17.9 Å². The highest BCUT2D eigenvalue weighted by atomic mass is 35.5. The molecule has 1 heterocycles. The Hall–Kier alpha value is -1.59. The third-order valence-corrected chi connectivity index (χ3v) is 4.37. The van der Waals surface area contributed by atoms with Gasteiger partial charge in [-0.1, -0.05) is 29.8 Å². The molecule has 1 N–H and O–H groups in total. The van der Waals surface area contributed by atoms with Crippen LogP contribution >= 0.6 is 11.6 Å². The second-order valence-corrected chi connectivity index (χ2v) is 6.64. The van der Waals surface area contributed by atoms with Crippen LogP contribution in [0.3, 0.4) is 0 Å². The Morgan fingerprint density at radius 2 is 2.17 bits per heavy atom. The van der Waals surface area contributed by atoms with Crippen molar-refractivity contribution in [1.82, 2.24) is 10.2 Å². The van der Waals surface area contributed by atoms with E-state index in [1.165, 1.54) is 0 Å². The predicted octanol–water partition coefficient (Wildman–Crippen LogP) is 2.76. The van der Waals surface area contributed by atoms with E-state index in [0.717, 1.165) is 12.0 Å². The summed E-state index contributed by atoms with van der Waals surface area (Å²) in [6.45, 7) is 5.50. The lowest BCUT2D eigenvalue weighted by Gasteiger charge is -2.24. The number of nitrogens with one attached hydrogen (secondary N) is 1. The minimum Gasteiger partial charge on any atom is -0.379 e. The molecule has 0 aromatic heterocycles. The van der Waals surface area contributed by atoms with Crippen molar-refractivity contribution in [1.29, 1.82) is 0 Å². The normalized spacial score (nSPS) is 17.6. The Bertz CT molecular complexity index is 577. The van der Waals surface area contributed by atoms with E-state index in [0.29, 0.717) is 37.6 Å². The van der Waals surface area contributed by atoms with Gasteiger partial charge in [-0.25, -0.2) is 0 Å². The van der Waals surface area contributed by atoms with Crippen LogP contribution in [-0.2, 0) is 20.9 Å². The van der Waals surface area contributed by atoms with Crippen molar-refractivity contribution in [2.45, 2.75) is 51.8 Å². The van der Waals surface area contributed by atoms with Gasteiger partial charge in [0.15, 0.2) is 0 Å². The molecule has 1 saturated heterocycles. The van der Waals surface area contributed by atoms with E-state index in [9.17, 15) is 9.59 Å². The first kappa shape index (κ1) is 18.7. The second-order valence-electron chi connectivity index (χ2n) is 6.23. The summed E-state index contributed by atoms with van der Waals surface area (Å²) in [4.78, 5) is 26.2. The van der Waals surface area contributed by atoms with Gasteiger partial charge in [-0.3, -0.25) is 9.59 Å². The van der Waals surface area contributed by atoms with Crippen LogP contribution in [0, 0.1) is 0 Å². The molecule has 1 fully saturated rings. The number of carbonyl (C=O) groups is 2. The van der Waals surface area contributed by atoms with Crippen LogP contribution in [0.2, 0.25) is 5.02 Å². The van der Waals surface area contributed by atoms with Crippen LogP contribution in [0.25, 0.3) is 0 Å². The Labute approximate surface area is 148 Å². The van der Waals surface area contributed by atoms with Crippen LogP contribution in [0.1, 0.15) is 38.7 Å². The molecular formula is C18H25ClN2O3. The van der Waals surface area contributed by atoms with E-state index < -0.39 is 6.04 Å². The maximum Gasteiger partial charge on any atom is 0.242 e. The number of amides is 2. The summed E-state index contributed by atoms with van der Waals surface area (Å²) < 4.78 is 5.45. The molecular weight excluding hydrogens is 328 g/mol. The Kier molecular flexibility index (Phi) is 7.06. The lowest BCUT2D eigenvalue weighted by Crippen LogP contribution is -2.44. The molecule has 2 amide bonds. The van der Waals surface area contributed by atoms with Gasteiger partial charge in [-0.15, -0.1) is 0 Å². The highest BCUT2D eigenvalue weighted by Gasteiger charge is 2.35. The van der Waals surface area contributed by atoms with Crippen molar-refractivity contribution in [2.24, 2.45) is 0 Å². The van der Waals surface area contributed by atoms with E-state index in [1.54, 1.807) is 11.0 Å². The number of likely N-dealkylation sites (tertiary alicyclic amines) is 1. The first-order chi connectivity index (χ1) is 11.5. The number of halogens is 1. The fraction of sp³-hybridized carbons (Fsp3) is 0.556. The van der Waals surface area contributed by atoms with E-state index in [2.05, 4.69) is 5.32 Å². The van der Waals surface area contributed by atoms with Crippen LogP contribution in [0.15, 0.2) is 24.3 Å². The van der Waals surface area contributed by atoms with Crippen LogP contribution in [0.5, 0.6) is 0 Å². The largest absolute Gasteiger partial charge is 0.379 e. The predicted molar refractivity (Wildman–Crippen MR) is 93.7 cm³/mol. The Morgan fingerprint density at radius 1 is 1.42 bits per heavy atom. The van der Waals surface area contributed by atoms with Gasteiger partial charge in [0.1, 0.15) is 6.04 Å². The van der Waals surface area contributed by atoms with Gasteiger partial charge < -0.3 is 15.0 Å². The van der Waals surface area contributed by atoms with Gasteiger partial charge in [0.05, 0.1) is 6.10 Å². The minimum absolute atomic E-state index is 0.00166. The summed E-state index contributed by atoms with van der Waals surface area (Å²) in [5.41, 5.74) is 0.859. The smallest absolute Gasteiger partial charge is 0.242 e. The van der Waals surface area contributed by atoms with Crippen molar-refractivity contribution in [2.75, 3.05) is 13.2 Å². The van der Waals surface area contributed by atoms with E-state index >= 15 is 0 Å². The highest BCUT2D eigenvalue weighted by molar-refractivity contribution is 6.31. The minimum atomic E-state index is -0.417. The van der Waals surface area contributed by atoms with Crippen molar-refractivity contribution in [3.63, 3.8) is 0 Å². The van der Waals surface area contributed by atoms with Gasteiger partial charge >= 0.3 is 0 Å². The molecule has 1 aliphatic rings. The first-order valence-corrected chi connectivity index (χ1v) is 8.79. The lowest BCUT2D eigenvalue weighted by atomic mass is 10.1. The van der Waals surface area contributed by atoms with E-state index in [4.69, 9.17) is 16.3 Å². The monoisotopic (exact) mass is 352 g/mol. The van der Waals surface area contributed by atoms with Crippen molar-refractivity contribution in [3.8, 4) is 0 Å². The topological polar surface area (TPSA) is 58.6 Å². The number of ether oxygens (including phenoxy) is 1. The molecule has 24 heavy (non-hydrogen) atoms. The molecule has 0 saturated carbocycles. The molecule has 1 aromatic rings. The van der Waals surface area contributed by atoms with Crippen LogP contribution in [-0.4, -0.2) is 42.0 Å². The van der Waals surface area contributed by atoms with E-state index in [1.807, 2.05) is 32.0 Å². The summed E-state index contributed by atoms with van der Waals surface area (Å²) >= 11 is 6.17. The average molecular weight is 353 g/mol. The SMILES string of the molecule is CC(C)OCCCNC(=O)[C@@H]1CCC(=O)N1Cc1ccccc1Cl. The highest BCUT2D eigenvalue weighted by Crippen LogP contribution is 2.24. The summed E-state index contributed by atoms with van der Waals surface area (Å²) in [6, 6.07) is 6.99. The fourth-order valence-corrected chi connectivity index (χ4v) is 2.93. The molecule has 6 heteroatoms. The molecule has 0 aliphatic carbocycles. The molecule has 2 rings (SSSR count). The molecule has 5 nitrogen and oxygen atoms in total. The van der Waals surface area contributed by atoms with Crippen molar-refractivity contribution in [3.05, 3.63) is 34.9 Å². The molecule has 0 unspecified atom stereocenters. The molecule has 1 aliphatic heterocycles. The zero-order valence-corrected chi connectivity index (χ0v) is 15.0. The Balaban J connectivity index is 1.87. The quantitative estimate of drug-likeness (QED) is 0.732. The van der Waals surface area contributed by atoms with Gasteiger partial charge in [-0.05, 0) is 38.3 Å². The lowest BCUT2D eigenvalue weighted by molar-refractivity contribution is -0.135. The summed E-state index contributed by atoms with van der Waals surface area (Å²) in [7, 11) is 0. The van der Waals surface area contributed by atoms with Gasteiger partial charge in [0.25, 0.3) is 0 Å². The molecule has 0 radical (unpaired) electrons. The number of hydrogen-bond acceptors (Lipinski definition) is 3. The molecule has 0 bridgehead atoms. The van der Waals surface area contributed by atoms with Crippen LogP contribution in [0.4, 0.5) is 0 Å². The Morgan fingerprint density at radius 3 is 2.88 bits per heavy atom. The molecule has 1 atom stereocenters. The summed E-state index contributed by atoms with van der Waals surface area (Å²) in [5, 5.41) is 3.52. The van der Waals surface area contributed by atoms with Gasteiger partial charge in [0.2, 0.25) is 11.8 Å². The number of benzene rings is 1. The maximum absolute atomic E-state index is 12.4. The van der Waals surface area contributed by atoms with Gasteiger partial charge in [0, 0.05) is 31.1 Å². The molecule has 0 spiro atoms. The third kappa shape index (κ3) is 5.21.